The Labute approximate surface area is 169 Å². The SMILES string of the molecule is Cc1cnc(NC2CCCCC2)nc1C(C#N)c1nc(-c2ccccc2)cs1. The molecule has 0 saturated heterocycles. The molecule has 1 atom stereocenters. The number of aromatic nitrogens is 3. The Morgan fingerprint density at radius 1 is 1.14 bits per heavy atom. The van der Waals surface area contributed by atoms with E-state index in [1.165, 1.54) is 30.6 Å². The Kier molecular flexibility index (Phi) is 5.63. The van der Waals surface area contributed by atoms with Crippen LogP contribution >= 0.6 is 11.3 Å². The first-order valence-corrected chi connectivity index (χ1v) is 10.6. The number of hydrogen-bond acceptors (Lipinski definition) is 6. The van der Waals surface area contributed by atoms with Gasteiger partial charge in [0.25, 0.3) is 0 Å². The lowest BCUT2D eigenvalue weighted by atomic mass is 9.96. The summed E-state index contributed by atoms with van der Waals surface area (Å²) in [6.07, 6.45) is 7.92. The van der Waals surface area contributed by atoms with E-state index in [0.717, 1.165) is 40.4 Å². The van der Waals surface area contributed by atoms with Gasteiger partial charge < -0.3 is 5.32 Å². The highest BCUT2D eigenvalue weighted by Crippen LogP contribution is 2.31. The molecule has 28 heavy (non-hydrogen) atoms. The number of hydrogen-bond donors (Lipinski definition) is 1. The third-order valence-electron chi connectivity index (χ3n) is 5.19. The van der Waals surface area contributed by atoms with Crippen molar-refractivity contribution >= 4 is 17.3 Å². The van der Waals surface area contributed by atoms with Crippen molar-refractivity contribution in [1.29, 1.82) is 5.26 Å². The summed E-state index contributed by atoms with van der Waals surface area (Å²) < 4.78 is 0. The number of nitriles is 1. The fourth-order valence-corrected chi connectivity index (χ4v) is 4.51. The first-order valence-electron chi connectivity index (χ1n) is 9.75. The number of nitrogens with one attached hydrogen (secondary N) is 1. The van der Waals surface area contributed by atoms with Crippen LogP contribution in [0.5, 0.6) is 0 Å². The molecule has 0 amide bonds. The van der Waals surface area contributed by atoms with Crippen molar-refractivity contribution in [3.63, 3.8) is 0 Å². The normalized spacial score (nSPS) is 15.7. The lowest BCUT2D eigenvalue weighted by Crippen LogP contribution is -2.24. The molecule has 2 heterocycles. The molecule has 1 saturated carbocycles. The zero-order chi connectivity index (χ0) is 19.3. The standard InChI is InChI=1S/C22H23N5S/c1-15-13-24-22(25-17-10-6-3-7-11-17)27-20(15)18(12-23)21-26-19(14-28-21)16-8-4-2-5-9-16/h2,4-5,8-9,13-14,17-18H,3,6-7,10-11H2,1H3,(H,24,25,27). The largest absolute Gasteiger partial charge is 0.351 e. The number of aryl methyl sites for hydroxylation is 1. The van der Waals surface area contributed by atoms with Crippen LogP contribution in [0.15, 0.2) is 41.9 Å². The monoisotopic (exact) mass is 389 g/mol. The summed E-state index contributed by atoms with van der Waals surface area (Å²) in [7, 11) is 0. The molecule has 1 N–H and O–H groups in total. The number of anilines is 1. The zero-order valence-electron chi connectivity index (χ0n) is 15.9. The van der Waals surface area contributed by atoms with E-state index in [0.29, 0.717) is 12.0 Å². The summed E-state index contributed by atoms with van der Waals surface area (Å²) >= 11 is 1.51. The fraction of sp³-hybridized carbons (Fsp3) is 0.364. The molecule has 0 radical (unpaired) electrons. The van der Waals surface area contributed by atoms with Gasteiger partial charge in [0.1, 0.15) is 10.9 Å². The van der Waals surface area contributed by atoms with E-state index in [1.54, 1.807) is 0 Å². The summed E-state index contributed by atoms with van der Waals surface area (Å²) in [5, 5.41) is 16.1. The molecule has 5 nitrogen and oxygen atoms in total. The maximum atomic E-state index is 9.89. The Balaban J connectivity index is 1.60. The van der Waals surface area contributed by atoms with Crippen LogP contribution in [0.1, 0.15) is 54.3 Å². The van der Waals surface area contributed by atoms with Gasteiger partial charge in [-0.1, -0.05) is 49.6 Å². The quantitative estimate of drug-likeness (QED) is 0.640. The van der Waals surface area contributed by atoms with Crippen LogP contribution in [0.3, 0.4) is 0 Å². The van der Waals surface area contributed by atoms with Gasteiger partial charge in [-0.25, -0.2) is 15.0 Å². The van der Waals surface area contributed by atoms with E-state index in [2.05, 4.69) is 16.4 Å². The molecule has 0 aliphatic heterocycles. The predicted octanol–water partition coefficient (Wildman–Crippen LogP) is 5.31. The highest BCUT2D eigenvalue weighted by Gasteiger charge is 2.23. The topological polar surface area (TPSA) is 74.5 Å². The van der Waals surface area contributed by atoms with Crippen molar-refractivity contribution in [1.82, 2.24) is 15.0 Å². The van der Waals surface area contributed by atoms with Crippen LogP contribution in [0, 0.1) is 18.3 Å². The van der Waals surface area contributed by atoms with Crippen LogP contribution in [-0.4, -0.2) is 21.0 Å². The summed E-state index contributed by atoms with van der Waals surface area (Å²) in [6.45, 7) is 1.95. The molecular weight excluding hydrogens is 366 g/mol. The molecule has 1 aliphatic carbocycles. The van der Waals surface area contributed by atoms with E-state index < -0.39 is 5.92 Å². The Hall–Kier alpha value is -2.78. The third kappa shape index (κ3) is 4.05. The molecule has 0 spiro atoms. The molecule has 1 fully saturated rings. The highest BCUT2D eigenvalue weighted by atomic mass is 32.1. The first kappa shape index (κ1) is 18.6. The highest BCUT2D eigenvalue weighted by molar-refractivity contribution is 7.10. The lowest BCUT2D eigenvalue weighted by molar-refractivity contribution is 0.460. The van der Waals surface area contributed by atoms with Gasteiger partial charge in [0.05, 0.1) is 17.5 Å². The van der Waals surface area contributed by atoms with Crippen LogP contribution in [-0.2, 0) is 0 Å². The van der Waals surface area contributed by atoms with Crippen LogP contribution in [0.25, 0.3) is 11.3 Å². The smallest absolute Gasteiger partial charge is 0.223 e. The first-order chi connectivity index (χ1) is 13.7. The molecular formula is C22H23N5S. The molecule has 142 valence electrons. The molecule has 3 aromatic rings. The molecule has 2 aromatic heterocycles. The van der Waals surface area contributed by atoms with E-state index >= 15 is 0 Å². The van der Waals surface area contributed by atoms with Crippen molar-refractivity contribution in [2.45, 2.75) is 51.0 Å². The third-order valence-corrected chi connectivity index (χ3v) is 6.10. The maximum absolute atomic E-state index is 9.89. The molecule has 1 unspecified atom stereocenters. The summed E-state index contributed by atoms with van der Waals surface area (Å²) in [5.41, 5.74) is 3.61. The lowest BCUT2D eigenvalue weighted by Gasteiger charge is -2.23. The number of nitrogens with zero attached hydrogens (tertiary/aromatic N) is 4. The second-order valence-electron chi connectivity index (χ2n) is 7.24. The van der Waals surface area contributed by atoms with E-state index in [9.17, 15) is 5.26 Å². The molecule has 1 aromatic carbocycles. The fourth-order valence-electron chi connectivity index (χ4n) is 3.64. The number of benzene rings is 1. The second-order valence-corrected chi connectivity index (χ2v) is 8.13. The average molecular weight is 390 g/mol. The zero-order valence-corrected chi connectivity index (χ0v) is 16.7. The van der Waals surface area contributed by atoms with Gasteiger partial charge in [-0.05, 0) is 25.3 Å². The van der Waals surface area contributed by atoms with Gasteiger partial charge >= 0.3 is 0 Å². The van der Waals surface area contributed by atoms with E-state index in [1.807, 2.05) is 48.8 Å². The van der Waals surface area contributed by atoms with Gasteiger partial charge in [0, 0.05) is 23.2 Å². The van der Waals surface area contributed by atoms with Gasteiger partial charge in [-0.2, -0.15) is 5.26 Å². The van der Waals surface area contributed by atoms with Gasteiger partial charge in [-0.3, -0.25) is 0 Å². The summed E-state index contributed by atoms with van der Waals surface area (Å²) in [5.74, 6) is 0.130. The van der Waals surface area contributed by atoms with Crippen LogP contribution in [0.2, 0.25) is 0 Å². The number of rotatable bonds is 5. The molecule has 6 heteroatoms. The van der Waals surface area contributed by atoms with E-state index in [-0.39, 0.29) is 0 Å². The minimum absolute atomic E-state index is 0.425. The van der Waals surface area contributed by atoms with Crippen molar-refractivity contribution < 1.29 is 0 Å². The van der Waals surface area contributed by atoms with Crippen molar-refractivity contribution in [3.8, 4) is 17.3 Å². The minimum Gasteiger partial charge on any atom is -0.351 e. The summed E-state index contributed by atoms with van der Waals surface area (Å²) in [6, 6.07) is 12.9. The molecule has 4 rings (SSSR count). The van der Waals surface area contributed by atoms with Gasteiger partial charge in [0.15, 0.2) is 0 Å². The molecule has 1 aliphatic rings. The second kappa shape index (κ2) is 8.49. The average Bonchev–Trinajstić information content (AvgIpc) is 3.22. The Morgan fingerprint density at radius 2 is 1.93 bits per heavy atom. The van der Waals surface area contributed by atoms with Crippen LogP contribution < -0.4 is 5.32 Å². The summed E-state index contributed by atoms with van der Waals surface area (Å²) in [4.78, 5) is 13.9. The van der Waals surface area contributed by atoms with Crippen molar-refractivity contribution in [3.05, 3.63) is 58.2 Å². The van der Waals surface area contributed by atoms with Crippen molar-refractivity contribution in [2.24, 2.45) is 0 Å². The Morgan fingerprint density at radius 3 is 2.68 bits per heavy atom. The van der Waals surface area contributed by atoms with Crippen molar-refractivity contribution in [2.75, 3.05) is 5.32 Å². The van der Waals surface area contributed by atoms with Gasteiger partial charge in [0.2, 0.25) is 5.95 Å². The minimum atomic E-state index is -0.489. The molecule has 0 bridgehead atoms. The number of thiazole rings is 1. The van der Waals surface area contributed by atoms with Crippen LogP contribution in [0.4, 0.5) is 5.95 Å². The maximum Gasteiger partial charge on any atom is 0.223 e. The van der Waals surface area contributed by atoms with E-state index in [4.69, 9.17) is 9.97 Å². The Bertz CT molecular complexity index is 970. The predicted molar refractivity (Wildman–Crippen MR) is 112 cm³/mol. The van der Waals surface area contributed by atoms with Gasteiger partial charge in [-0.15, -0.1) is 11.3 Å².